The van der Waals surface area contributed by atoms with E-state index < -0.39 is 5.97 Å². The lowest BCUT2D eigenvalue weighted by molar-refractivity contribution is 0.0697. The highest BCUT2D eigenvalue weighted by Gasteiger charge is 2.42. The molecule has 0 bridgehead atoms. The Morgan fingerprint density at radius 2 is 1.89 bits per heavy atom. The first kappa shape index (κ1) is 21.2. The molecule has 1 saturated heterocycles. The molecule has 0 aliphatic carbocycles. The van der Waals surface area contributed by atoms with Crippen molar-refractivity contribution in [2.45, 2.75) is 12.1 Å². The normalized spacial score (nSPS) is 18.5. The van der Waals surface area contributed by atoms with Crippen LogP contribution in [0.1, 0.15) is 33.8 Å². The average molecular weight is 485 g/mol. The highest BCUT2D eigenvalue weighted by Crippen LogP contribution is 2.44. The largest absolute Gasteiger partial charge is 0.478 e. The van der Waals surface area contributed by atoms with Crippen molar-refractivity contribution in [1.82, 2.24) is 14.9 Å². The molecule has 2 aromatic carbocycles. The molecule has 2 aliphatic heterocycles. The van der Waals surface area contributed by atoms with E-state index >= 15 is 0 Å². The van der Waals surface area contributed by atoms with E-state index in [0.29, 0.717) is 16.6 Å². The number of hydrogen-bond acceptors (Lipinski definition) is 5. The molecule has 4 heterocycles. The number of ether oxygens (including phenoxy) is 2. The van der Waals surface area contributed by atoms with Crippen LogP contribution >= 0.6 is 12.2 Å². The molecule has 35 heavy (non-hydrogen) atoms. The number of pyridine rings is 1. The summed E-state index contributed by atoms with van der Waals surface area (Å²) in [4.78, 5) is 18.2. The molecular formula is C26H20N4O4S. The van der Waals surface area contributed by atoms with Gasteiger partial charge in [0.2, 0.25) is 6.79 Å². The van der Waals surface area contributed by atoms with Gasteiger partial charge >= 0.3 is 5.97 Å². The van der Waals surface area contributed by atoms with Crippen molar-refractivity contribution >= 4 is 29.0 Å². The number of carboxylic acids is 1. The van der Waals surface area contributed by atoms with E-state index in [-0.39, 0.29) is 24.4 Å². The number of carbonyl (C=O) groups is 1. The maximum Gasteiger partial charge on any atom is 0.335 e. The van der Waals surface area contributed by atoms with Crippen LogP contribution in [0.15, 0.2) is 85.2 Å². The molecule has 8 nitrogen and oxygen atoms in total. The van der Waals surface area contributed by atoms with Gasteiger partial charge in [0, 0.05) is 35.5 Å². The van der Waals surface area contributed by atoms with Crippen molar-refractivity contribution in [2.75, 3.05) is 11.7 Å². The van der Waals surface area contributed by atoms with Crippen molar-refractivity contribution in [3.63, 3.8) is 0 Å². The topological polar surface area (TPSA) is 88.8 Å². The SMILES string of the molecule is O=C(O)c1cccc(-n2cccc2[C@H]2[C@@H](c3ccccn3)NC(=S)N2c2ccc3c(c2)OCO3)c1. The quantitative estimate of drug-likeness (QED) is 0.401. The van der Waals surface area contributed by atoms with Gasteiger partial charge in [-0.3, -0.25) is 4.98 Å². The fourth-order valence-electron chi connectivity index (χ4n) is 4.63. The Hall–Kier alpha value is -4.37. The summed E-state index contributed by atoms with van der Waals surface area (Å²) in [6.07, 6.45) is 3.68. The number of thiocarbonyl (C=S) groups is 1. The molecule has 2 atom stereocenters. The lowest BCUT2D eigenvalue weighted by atomic mass is 10.0. The fraction of sp³-hybridized carbons (Fsp3) is 0.115. The molecule has 2 aliphatic rings. The van der Waals surface area contributed by atoms with Crippen molar-refractivity contribution in [3.05, 3.63) is 102 Å². The van der Waals surface area contributed by atoms with Gasteiger partial charge in [0.1, 0.15) is 6.04 Å². The van der Waals surface area contributed by atoms with Crippen LogP contribution < -0.4 is 19.7 Å². The summed E-state index contributed by atoms with van der Waals surface area (Å²) in [5, 5.41) is 13.5. The van der Waals surface area contributed by atoms with Crippen LogP contribution in [0.3, 0.4) is 0 Å². The molecule has 0 spiro atoms. The lowest BCUT2D eigenvalue weighted by Crippen LogP contribution is -2.30. The monoisotopic (exact) mass is 484 g/mol. The van der Waals surface area contributed by atoms with Gasteiger partial charge < -0.3 is 29.4 Å². The van der Waals surface area contributed by atoms with E-state index in [9.17, 15) is 9.90 Å². The Bertz CT molecular complexity index is 1440. The van der Waals surface area contributed by atoms with E-state index in [1.165, 1.54) is 0 Å². The number of fused-ring (bicyclic) bond motifs is 1. The summed E-state index contributed by atoms with van der Waals surface area (Å²) in [5.41, 5.74) is 3.58. The van der Waals surface area contributed by atoms with E-state index in [4.69, 9.17) is 21.7 Å². The molecule has 6 rings (SSSR count). The second-order valence-electron chi connectivity index (χ2n) is 8.19. The minimum atomic E-state index is -0.974. The third-order valence-electron chi connectivity index (χ3n) is 6.19. The minimum absolute atomic E-state index is 0.185. The number of aromatic carboxylic acids is 1. The van der Waals surface area contributed by atoms with Gasteiger partial charge in [-0.05, 0) is 66.8 Å². The molecule has 2 aromatic heterocycles. The molecule has 0 unspecified atom stereocenters. The van der Waals surface area contributed by atoms with Crippen LogP contribution in [-0.4, -0.2) is 32.5 Å². The van der Waals surface area contributed by atoms with Crippen LogP contribution in [-0.2, 0) is 0 Å². The van der Waals surface area contributed by atoms with Crippen LogP contribution in [0.4, 0.5) is 5.69 Å². The first-order chi connectivity index (χ1) is 17.1. The van der Waals surface area contributed by atoms with Crippen molar-refractivity contribution in [1.29, 1.82) is 0 Å². The molecule has 9 heteroatoms. The Morgan fingerprint density at radius 1 is 1.00 bits per heavy atom. The number of aromatic nitrogens is 2. The number of benzene rings is 2. The summed E-state index contributed by atoms with van der Waals surface area (Å²) in [6.45, 7) is 0.185. The van der Waals surface area contributed by atoms with Gasteiger partial charge in [-0.1, -0.05) is 12.1 Å². The standard InChI is InChI=1S/C26H20N4O4S/c31-25(32)16-5-3-6-17(13-16)29-12-4-8-20(29)24-23(19-7-1-2-11-27-19)28-26(35)30(24)18-9-10-21-22(14-18)34-15-33-21/h1-14,23-24H,15H2,(H,28,35)(H,31,32)/t23-,24+/m1/s1. The molecule has 0 amide bonds. The number of hydrogen-bond donors (Lipinski definition) is 2. The second-order valence-corrected chi connectivity index (χ2v) is 8.58. The van der Waals surface area contributed by atoms with Gasteiger partial charge in [0.15, 0.2) is 16.6 Å². The number of anilines is 1. The van der Waals surface area contributed by atoms with Crippen molar-refractivity contribution < 1.29 is 19.4 Å². The summed E-state index contributed by atoms with van der Waals surface area (Å²) in [6, 6.07) is 21.8. The average Bonchev–Trinajstić information content (AvgIpc) is 3.62. The smallest absolute Gasteiger partial charge is 0.335 e. The molecule has 2 N–H and O–H groups in total. The number of carboxylic acid groups (broad SMARTS) is 1. The first-order valence-corrected chi connectivity index (χ1v) is 11.4. The number of nitrogens with zero attached hydrogens (tertiary/aromatic N) is 3. The van der Waals surface area contributed by atoms with Crippen LogP contribution in [0.2, 0.25) is 0 Å². The van der Waals surface area contributed by atoms with E-state index in [1.807, 2.05) is 70.3 Å². The van der Waals surface area contributed by atoms with Gasteiger partial charge in [-0.25, -0.2) is 4.79 Å². The zero-order valence-corrected chi connectivity index (χ0v) is 19.2. The fourth-order valence-corrected chi connectivity index (χ4v) is 4.97. The zero-order valence-electron chi connectivity index (χ0n) is 18.4. The van der Waals surface area contributed by atoms with E-state index in [2.05, 4.69) is 10.3 Å². The van der Waals surface area contributed by atoms with Gasteiger partial charge in [0.25, 0.3) is 0 Å². The highest BCUT2D eigenvalue weighted by atomic mass is 32.1. The predicted molar refractivity (Wildman–Crippen MR) is 133 cm³/mol. The van der Waals surface area contributed by atoms with Gasteiger partial charge in [-0.15, -0.1) is 0 Å². The van der Waals surface area contributed by atoms with E-state index in [1.54, 1.807) is 24.4 Å². The number of rotatable bonds is 5. The van der Waals surface area contributed by atoms with Gasteiger partial charge in [0.05, 0.1) is 17.3 Å². The zero-order chi connectivity index (χ0) is 23.9. The molecule has 1 fully saturated rings. The first-order valence-electron chi connectivity index (χ1n) is 11.0. The Kier molecular flexibility index (Phi) is 5.11. The summed E-state index contributed by atoms with van der Waals surface area (Å²) < 4.78 is 13.1. The summed E-state index contributed by atoms with van der Waals surface area (Å²) >= 11 is 5.82. The lowest BCUT2D eigenvalue weighted by Gasteiger charge is -2.29. The Balaban J connectivity index is 1.50. The molecule has 0 saturated carbocycles. The van der Waals surface area contributed by atoms with E-state index in [0.717, 1.165) is 22.8 Å². The van der Waals surface area contributed by atoms with Crippen molar-refractivity contribution in [2.24, 2.45) is 0 Å². The Morgan fingerprint density at radius 3 is 2.71 bits per heavy atom. The molecule has 174 valence electrons. The summed E-state index contributed by atoms with van der Waals surface area (Å²) in [5.74, 6) is 0.381. The van der Waals surface area contributed by atoms with Crippen LogP contribution in [0.25, 0.3) is 5.69 Å². The summed E-state index contributed by atoms with van der Waals surface area (Å²) in [7, 11) is 0. The molecule has 4 aromatic rings. The Labute approximate surface area is 206 Å². The third kappa shape index (κ3) is 3.66. The number of nitrogens with one attached hydrogen (secondary N) is 1. The van der Waals surface area contributed by atoms with Crippen molar-refractivity contribution in [3.8, 4) is 17.2 Å². The predicted octanol–water partition coefficient (Wildman–Crippen LogP) is 4.48. The van der Waals surface area contributed by atoms with Gasteiger partial charge in [-0.2, -0.15) is 0 Å². The highest BCUT2D eigenvalue weighted by molar-refractivity contribution is 7.80. The molecule has 0 radical (unpaired) electrons. The second kappa shape index (κ2) is 8.44. The third-order valence-corrected chi connectivity index (χ3v) is 6.50. The van der Waals surface area contributed by atoms with Crippen LogP contribution in [0.5, 0.6) is 11.5 Å². The minimum Gasteiger partial charge on any atom is -0.478 e. The maximum absolute atomic E-state index is 11.6. The maximum atomic E-state index is 11.6. The van der Waals surface area contributed by atoms with Crippen LogP contribution in [0, 0.1) is 0 Å². The molecular weight excluding hydrogens is 464 g/mol.